The molecule has 2 aromatic rings. The van der Waals surface area contributed by atoms with E-state index >= 15 is 17.6 Å². The van der Waals surface area contributed by atoms with Gasteiger partial charge in [0.05, 0.1) is 0 Å². The molecule has 2 heterocycles. The topological polar surface area (TPSA) is 92.3 Å². The number of nitrogens with one attached hydrogen (secondary N) is 2. The lowest BCUT2D eigenvalue weighted by atomic mass is 9.98. The van der Waals surface area contributed by atoms with Gasteiger partial charge in [0.25, 0.3) is 0 Å². The maximum Gasteiger partial charge on any atom is 0.380 e. The minimum Gasteiger partial charge on any atom is -0.214 e. The molecule has 0 saturated heterocycles. The predicted molar refractivity (Wildman–Crippen MR) is 112 cm³/mol. The number of alkyl halides is 6. The van der Waals surface area contributed by atoms with E-state index in [1.807, 2.05) is 9.44 Å². The van der Waals surface area contributed by atoms with E-state index in [2.05, 4.69) is 0 Å². The average molecular weight is 555 g/mol. The molecule has 6 nitrogen and oxygen atoms in total. The molecular weight excluding hydrogens is 538 g/mol. The van der Waals surface area contributed by atoms with E-state index < -0.39 is 68.5 Å². The van der Waals surface area contributed by atoms with Crippen molar-refractivity contribution in [3.8, 4) is 0 Å². The van der Waals surface area contributed by atoms with Crippen LogP contribution in [-0.2, 0) is 20.0 Å². The van der Waals surface area contributed by atoms with Crippen LogP contribution in [0.1, 0.15) is 20.9 Å². The van der Waals surface area contributed by atoms with Gasteiger partial charge in [-0.1, -0.05) is 0 Å². The highest BCUT2D eigenvalue weighted by Gasteiger charge is 2.80. The summed E-state index contributed by atoms with van der Waals surface area (Å²) in [5, 5.41) is 0. The van der Waals surface area contributed by atoms with Crippen LogP contribution in [0.3, 0.4) is 0 Å². The summed E-state index contributed by atoms with van der Waals surface area (Å²) >= 11 is 0.829. The van der Waals surface area contributed by atoms with Crippen molar-refractivity contribution >= 4 is 53.9 Å². The molecule has 0 saturated carbocycles. The standard InChI is InChI=1S/C17H16F6N2O4S4/c1-7-5-9(13(30-7)32(26,27)24-3)11-12(16(20,21)17(22,23)15(11,18)19)10-6-8(2)31-14(10)33(28,29)25-4/h5-6,24-25H,1-4H3. The van der Waals surface area contributed by atoms with Crippen molar-refractivity contribution in [3.05, 3.63) is 33.0 Å². The molecule has 1 aliphatic rings. The molecule has 0 fully saturated rings. The van der Waals surface area contributed by atoms with Crippen molar-refractivity contribution in [1.29, 1.82) is 0 Å². The van der Waals surface area contributed by atoms with Crippen LogP contribution in [0.15, 0.2) is 20.6 Å². The van der Waals surface area contributed by atoms with Crippen LogP contribution < -0.4 is 9.44 Å². The van der Waals surface area contributed by atoms with Gasteiger partial charge in [-0.2, -0.15) is 26.3 Å². The summed E-state index contributed by atoms with van der Waals surface area (Å²) in [5.74, 6) is -17.0. The lowest BCUT2D eigenvalue weighted by Crippen LogP contribution is -2.49. The molecule has 2 aromatic heterocycles. The number of aryl methyl sites for hydroxylation is 2. The van der Waals surface area contributed by atoms with Crippen LogP contribution in [0.5, 0.6) is 0 Å². The van der Waals surface area contributed by atoms with Gasteiger partial charge in [-0.15, -0.1) is 22.7 Å². The summed E-state index contributed by atoms with van der Waals surface area (Å²) in [6, 6.07) is 1.56. The normalized spacial score (nSPS) is 19.9. The van der Waals surface area contributed by atoms with Gasteiger partial charge in [0.2, 0.25) is 20.0 Å². The van der Waals surface area contributed by atoms with Gasteiger partial charge in [-0.3, -0.25) is 0 Å². The highest BCUT2D eigenvalue weighted by molar-refractivity contribution is 7.92. The Morgan fingerprint density at radius 2 is 1.00 bits per heavy atom. The van der Waals surface area contributed by atoms with E-state index in [1.54, 1.807) is 0 Å². The Morgan fingerprint density at radius 3 is 1.27 bits per heavy atom. The van der Waals surface area contributed by atoms with E-state index in [-0.39, 0.29) is 9.75 Å². The van der Waals surface area contributed by atoms with Gasteiger partial charge < -0.3 is 0 Å². The predicted octanol–water partition coefficient (Wildman–Crippen LogP) is 4.07. The second-order valence-electron chi connectivity index (χ2n) is 7.00. The van der Waals surface area contributed by atoms with Crippen molar-refractivity contribution < 1.29 is 43.2 Å². The zero-order chi connectivity index (χ0) is 25.4. The Balaban J connectivity index is 2.59. The first-order chi connectivity index (χ1) is 14.9. The minimum atomic E-state index is -5.97. The fourth-order valence-corrected chi connectivity index (χ4v) is 8.27. The molecule has 0 radical (unpaired) electrons. The highest BCUT2D eigenvalue weighted by atomic mass is 32.3. The van der Waals surface area contributed by atoms with Gasteiger partial charge >= 0.3 is 17.8 Å². The van der Waals surface area contributed by atoms with Crippen LogP contribution in [-0.4, -0.2) is 48.7 Å². The Hall–Kier alpha value is -1.46. The number of halogens is 6. The summed E-state index contributed by atoms with van der Waals surface area (Å²) in [5.41, 5.74) is -6.00. The van der Waals surface area contributed by atoms with Crippen molar-refractivity contribution in [3.63, 3.8) is 0 Å². The SMILES string of the molecule is CNS(=O)(=O)c1sc(C)cc1C1=C(c2cc(C)sc2S(=O)(=O)NC)C(F)(F)C(F)(F)C1(F)F. The number of allylic oxidation sites excluding steroid dienone is 2. The molecule has 3 rings (SSSR count). The maximum atomic E-state index is 15.0. The van der Waals surface area contributed by atoms with Crippen LogP contribution in [0.25, 0.3) is 11.1 Å². The summed E-state index contributed by atoms with van der Waals surface area (Å²) in [4.78, 5) is 0.120. The molecule has 16 heteroatoms. The van der Waals surface area contributed by atoms with Crippen LogP contribution in [0, 0.1) is 13.8 Å². The summed E-state index contributed by atoms with van der Waals surface area (Å²) in [7, 11) is -7.20. The molecule has 0 spiro atoms. The third-order valence-corrected chi connectivity index (χ3v) is 10.9. The van der Waals surface area contributed by atoms with Gasteiger partial charge in [-0.05, 0) is 40.1 Å². The zero-order valence-electron chi connectivity index (χ0n) is 17.2. The number of hydrogen-bond acceptors (Lipinski definition) is 6. The molecule has 0 bridgehead atoms. The number of hydrogen-bond donors (Lipinski definition) is 2. The molecule has 0 aliphatic heterocycles. The number of thiophene rings is 2. The first-order valence-corrected chi connectivity index (χ1v) is 13.4. The Kier molecular flexibility index (Phi) is 6.16. The number of rotatable bonds is 6. The van der Waals surface area contributed by atoms with E-state index in [0.29, 0.717) is 22.7 Å². The van der Waals surface area contributed by atoms with Crippen molar-refractivity contribution in [1.82, 2.24) is 9.44 Å². The summed E-state index contributed by atoms with van der Waals surface area (Å²) in [6.45, 7) is 2.55. The zero-order valence-corrected chi connectivity index (χ0v) is 20.5. The second-order valence-corrected chi connectivity index (χ2v) is 13.7. The fraction of sp³-hybridized carbons (Fsp3) is 0.412. The van der Waals surface area contributed by atoms with Gasteiger partial charge in [0.15, 0.2) is 0 Å². The van der Waals surface area contributed by atoms with E-state index in [0.717, 1.165) is 26.2 Å². The summed E-state index contributed by atoms with van der Waals surface area (Å²) < 4.78 is 141. The van der Waals surface area contributed by atoms with Crippen molar-refractivity contribution in [2.75, 3.05) is 14.1 Å². The Morgan fingerprint density at radius 1 is 0.697 bits per heavy atom. The molecule has 0 aromatic carbocycles. The lowest BCUT2D eigenvalue weighted by molar-refractivity contribution is -0.254. The highest BCUT2D eigenvalue weighted by Crippen LogP contribution is 2.66. The van der Waals surface area contributed by atoms with Crippen molar-refractivity contribution in [2.24, 2.45) is 0 Å². The van der Waals surface area contributed by atoms with Crippen LogP contribution >= 0.6 is 22.7 Å². The molecule has 2 N–H and O–H groups in total. The monoisotopic (exact) mass is 554 g/mol. The van der Waals surface area contributed by atoms with Crippen LogP contribution in [0.2, 0.25) is 0 Å². The van der Waals surface area contributed by atoms with Gasteiger partial charge in [-0.25, -0.2) is 26.3 Å². The maximum absolute atomic E-state index is 15.0. The average Bonchev–Trinajstić information content (AvgIpc) is 3.30. The van der Waals surface area contributed by atoms with E-state index in [4.69, 9.17) is 0 Å². The largest absolute Gasteiger partial charge is 0.380 e. The summed E-state index contributed by atoms with van der Waals surface area (Å²) in [6.07, 6.45) is 0. The molecular formula is C17H16F6N2O4S4. The smallest absolute Gasteiger partial charge is 0.214 e. The lowest BCUT2D eigenvalue weighted by Gasteiger charge is -2.25. The Bertz CT molecular complexity index is 1270. The van der Waals surface area contributed by atoms with Crippen LogP contribution in [0.4, 0.5) is 26.3 Å². The van der Waals surface area contributed by atoms with Gasteiger partial charge in [0.1, 0.15) is 8.42 Å². The third-order valence-electron chi connectivity index (χ3n) is 4.87. The molecule has 184 valence electrons. The fourth-order valence-electron chi connectivity index (χ4n) is 3.35. The van der Waals surface area contributed by atoms with Crippen molar-refractivity contribution in [2.45, 2.75) is 40.0 Å². The number of sulfonamides is 2. The van der Waals surface area contributed by atoms with E-state index in [1.165, 1.54) is 13.8 Å². The second kappa shape index (κ2) is 7.78. The first kappa shape index (κ1) is 26.2. The molecule has 0 atom stereocenters. The van der Waals surface area contributed by atoms with E-state index in [9.17, 15) is 25.6 Å². The quantitative estimate of drug-likeness (QED) is 0.527. The first-order valence-electron chi connectivity index (χ1n) is 8.84. The molecule has 1 aliphatic carbocycles. The van der Waals surface area contributed by atoms with Gasteiger partial charge in [0, 0.05) is 32.0 Å². The third kappa shape index (κ3) is 3.65. The Labute approximate surface area is 193 Å². The molecule has 0 unspecified atom stereocenters. The molecule has 0 amide bonds. The minimum absolute atomic E-state index is 0.0598. The molecule has 33 heavy (non-hydrogen) atoms.